The summed E-state index contributed by atoms with van der Waals surface area (Å²) in [5.41, 5.74) is 2.03. The van der Waals surface area contributed by atoms with Gasteiger partial charge in [-0.3, -0.25) is 34.8 Å². The zero-order valence-electron chi connectivity index (χ0n) is 30.2. The van der Waals surface area contributed by atoms with E-state index in [-0.39, 0.29) is 19.5 Å². The van der Waals surface area contributed by atoms with Gasteiger partial charge in [0, 0.05) is 25.0 Å². The van der Waals surface area contributed by atoms with Gasteiger partial charge in [0.25, 0.3) is 0 Å². The Balaban J connectivity index is 1.42. The lowest BCUT2D eigenvalue weighted by Crippen LogP contribution is -2.47. The number of nitrogens with one attached hydrogen (secondary N) is 4. The van der Waals surface area contributed by atoms with Crippen LogP contribution in [0.15, 0.2) is 36.4 Å². The molecule has 0 aliphatic carbocycles. The van der Waals surface area contributed by atoms with Crippen molar-refractivity contribution in [1.82, 2.24) is 31.2 Å². The first kappa shape index (κ1) is 43.5. The quantitative estimate of drug-likeness (QED) is 0.0399. The summed E-state index contributed by atoms with van der Waals surface area (Å²) in [7, 11) is 2.07. The van der Waals surface area contributed by atoms with Crippen molar-refractivity contribution in [2.24, 2.45) is 0 Å². The third kappa shape index (κ3) is 20.1. The van der Waals surface area contributed by atoms with Crippen molar-refractivity contribution >= 4 is 34.8 Å². The summed E-state index contributed by atoms with van der Waals surface area (Å²) in [5.74, 6) is -4.07. The van der Waals surface area contributed by atoms with Gasteiger partial charge in [-0.05, 0) is 90.3 Å². The lowest BCUT2D eigenvalue weighted by atomic mass is 10.1. The first-order chi connectivity index (χ1) is 24.6. The standard InChI is InChI=1S/C37H60N6O8/c1-43(26-29-19-18-28-14-6-7-15-30(28)42-29)25-13-9-17-31(35(46)47)39-24-11-5-3-2-4-10-22-38-23-12-8-16-32(36(48)49)40-27-41-33(37(50)51)20-21-34(44)45/h6-7,14-15,18-19,31-33,38-41H,2-5,8-13,16-17,20-27H2,1H3,(H,44,45)(H,46,47)(H,48,49)(H,50,51). The van der Waals surface area contributed by atoms with Crippen LogP contribution in [0.2, 0.25) is 0 Å². The number of carboxylic acids is 4. The second-order valence-electron chi connectivity index (χ2n) is 13.2. The first-order valence-electron chi connectivity index (χ1n) is 18.4. The molecular weight excluding hydrogens is 656 g/mol. The molecule has 1 aromatic heterocycles. The summed E-state index contributed by atoms with van der Waals surface area (Å²) < 4.78 is 0. The van der Waals surface area contributed by atoms with Crippen LogP contribution in [0.5, 0.6) is 0 Å². The molecule has 0 fully saturated rings. The number of hydrogen-bond donors (Lipinski definition) is 8. The minimum absolute atomic E-state index is 0.0451. The molecule has 286 valence electrons. The maximum Gasteiger partial charge on any atom is 0.320 e. The number of aromatic nitrogens is 1. The summed E-state index contributed by atoms with van der Waals surface area (Å²) in [5, 5.41) is 50.2. The van der Waals surface area contributed by atoms with Gasteiger partial charge in [0.05, 0.1) is 11.2 Å². The molecule has 14 heteroatoms. The number of fused-ring (bicyclic) bond motifs is 1. The molecule has 0 radical (unpaired) electrons. The topological polar surface area (TPSA) is 213 Å². The van der Waals surface area contributed by atoms with E-state index in [0.29, 0.717) is 25.8 Å². The van der Waals surface area contributed by atoms with Crippen LogP contribution >= 0.6 is 0 Å². The Morgan fingerprint density at radius 3 is 1.84 bits per heavy atom. The molecule has 0 saturated heterocycles. The van der Waals surface area contributed by atoms with E-state index in [9.17, 15) is 34.5 Å². The van der Waals surface area contributed by atoms with E-state index in [1.54, 1.807) is 0 Å². The average molecular weight is 717 g/mol. The SMILES string of the molecule is CN(CCCCC(NCCCCCCCCNCCCCC(NCNC(CCC(=O)O)C(=O)O)C(=O)O)C(=O)O)Cc1ccc2ccccc2n1. The predicted octanol–water partition coefficient (Wildman–Crippen LogP) is 3.89. The zero-order chi connectivity index (χ0) is 37.3. The Hall–Kier alpha value is -3.69. The second kappa shape index (κ2) is 26.1. The molecule has 2 rings (SSSR count). The molecule has 2 aromatic rings. The van der Waals surface area contributed by atoms with Crippen molar-refractivity contribution in [3.8, 4) is 0 Å². The van der Waals surface area contributed by atoms with E-state index >= 15 is 0 Å². The van der Waals surface area contributed by atoms with E-state index in [0.717, 1.165) is 101 Å². The number of rotatable bonds is 32. The molecule has 0 aliphatic rings. The van der Waals surface area contributed by atoms with Crippen molar-refractivity contribution in [2.75, 3.05) is 39.9 Å². The molecule has 0 aliphatic heterocycles. The van der Waals surface area contributed by atoms with Gasteiger partial charge in [0.2, 0.25) is 0 Å². The van der Waals surface area contributed by atoms with Crippen LogP contribution in [-0.4, -0.2) is 112 Å². The summed E-state index contributed by atoms with van der Waals surface area (Å²) >= 11 is 0. The van der Waals surface area contributed by atoms with Crippen LogP contribution in [0.1, 0.15) is 95.6 Å². The number of nitrogens with zero attached hydrogens (tertiary/aromatic N) is 2. The highest BCUT2D eigenvalue weighted by molar-refractivity contribution is 5.78. The van der Waals surface area contributed by atoms with E-state index in [1.807, 2.05) is 18.2 Å². The van der Waals surface area contributed by atoms with Crippen LogP contribution in [-0.2, 0) is 25.7 Å². The number of carboxylic acid groups (broad SMARTS) is 4. The summed E-state index contributed by atoms with van der Waals surface area (Å²) in [4.78, 5) is 52.2. The number of unbranched alkanes of at least 4 members (excludes halogenated alkanes) is 7. The van der Waals surface area contributed by atoms with Crippen molar-refractivity contribution in [1.29, 1.82) is 0 Å². The van der Waals surface area contributed by atoms with E-state index in [4.69, 9.17) is 10.1 Å². The van der Waals surface area contributed by atoms with Gasteiger partial charge in [0.15, 0.2) is 0 Å². The Labute approximate surface area is 301 Å². The van der Waals surface area contributed by atoms with Gasteiger partial charge >= 0.3 is 23.9 Å². The van der Waals surface area contributed by atoms with Crippen LogP contribution in [0, 0.1) is 0 Å². The van der Waals surface area contributed by atoms with E-state index in [2.05, 4.69) is 51.4 Å². The van der Waals surface area contributed by atoms with Gasteiger partial charge in [-0.2, -0.15) is 0 Å². The molecule has 3 unspecified atom stereocenters. The lowest BCUT2D eigenvalue weighted by Gasteiger charge is -2.18. The Morgan fingerprint density at radius 2 is 1.20 bits per heavy atom. The van der Waals surface area contributed by atoms with Crippen LogP contribution in [0.4, 0.5) is 0 Å². The van der Waals surface area contributed by atoms with Gasteiger partial charge in [-0.15, -0.1) is 0 Å². The average Bonchev–Trinajstić information content (AvgIpc) is 3.09. The summed E-state index contributed by atoms with van der Waals surface area (Å²) in [6, 6.07) is 9.86. The molecule has 0 amide bonds. The number of benzene rings is 1. The van der Waals surface area contributed by atoms with Crippen LogP contribution in [0.25, 0.3) is 10.9 Å². The van der Waals surface area contributed by atoms with Gasteiger partial charge in [0.1, 0.15) is 18.1 Å². The Bertz CT molecular complexity index is 1310. The maximum atomic E-state index is 11.7. The number of pyridine rings is 1. The maximum absolute atomic E-state index is 11.7. The van der Waals surface area contributed by atoms with Crippen LogP contribution in [0.3, 0.4) is 0 Å². The first-order valence-corrected chi connectivity index (χ1v) is 18.4. The highest BCUT2D eigenvalue weighted by Gasteiger charge is 2.20. The Morgan fingerprint density at radius 1 is 0.647 bits per heavy atom. The molecule has 14 nitrogen and oxygen atoms in total. The van der Waals surface area contributed by atoms with Crippen molar-refractivity contribution in [3.63, 3.8) is 0 Å². The molecule has 0 bridgehead atoms. The highest BCUT2D eigenvalue weighted by atomic mass is 16.4. The highest BCUT2D eigenvalue weighted by Crippen LogP contribution is 2.13. The summed E-state index contributed by atoms with van der Waals surface area (Å²) in [6.07, 6.45) is 10.4. The lowest BCUT2D eigenvalue weighted by molar-refractivity contribution is -0.141. The summed E-state index contributed by atoms with van der Waals surface area (Å²) in [6.45, 7) is 4.00. The molecule has 8 N–H and O–H groups in total. The second-order valence-corrected chi connectivity index (χ2v) is 13.2. The molecule has 51 heavy (non-hydrogen) atoms. The van der Waals surface area contributed by atoms with Gasteiger partial charge in [-0.25, -0.2) is 0 Å². The molecule has 0 saturated carbocycles. The third-order valence-electron chi connectivity index (χ3n) is 8.88. The van der Waals surface area contributed by atoms with Crippen molar-refractivity contribution in [2.45, 2.75) is 115 Å². The fourth-order valence-electron chi connectivity index (χ4n) is 5.88. The largest absolute Gasteiger partial charge is 0.481 e. The number of aliphatic carboxylic acids is 4. The van der Waals surface area contributed by atoms with Gasteiger partial charge < -0.3 is 36.0 Å². The molecule has 3 atom stereocenters. The van der Waals surface area contributed by atoms with Gasteiger partial charge in [-0.1, -0.05) is 62.8 Å². The zero-order valence-corrected chi connectivity index (χ0v) is 30.2. The van der Waals surface area contributed by atoms with E-state index < -0.39 is 42.0 Å². The van der Waals surface area contributed by atoms with Crippen LogP contribution < -0.4 is 21.3 Å². The number of carbonyl (C=O) groups is 4. The smallest absolute Gasteiger partial charge is 0.320 e. The number of hydrogen-bond acceptors (Lipinski definition) is 10. The minimum Gasteiger partial charge on any atom is -0.481 e. The molecule has 0 spiro atoms. The normalized spacial score (nSPS) is 13.3. The Kier molecular flexibility index (Phi) is 22.3. The fraction of sp³-hybridized carbons (Fsp3) is 0.649. The molecule has 1 aromatic carbocycles. The van der Waals surface area contributed by atoms with E-state index in [1.165, 1.54) is 0 Å². The number of para-hydroxylation sites is 1. The third-order valence-corrected chi connectivity index (χ3v) is 8.88. The molecular formula is C37H60N6O8. The minimum atomic E-state index is -1.18. The monoisotopic (exact) mass is 716 g/mol. The van der Waals surface area contributed by atoms with Crippen molar-refractivity contribution in [3.05, 3.63) is 42.1 Å². The fourth-order valence-corrected chi connectivity index (χ4v) is 5.88. The predicted molar refractivity (Wildman–Crippen MR) is 197 cm³/mol. The van der Waals surface area contributed by atoms with Crippen molar-refractivity contribution < 1.29 is 39.6 Å². The molecule has 1 heterocycles.